The molecule has 0 fully saturated rings. The van der Waals surface area contributed by atoms with E-state index >= 15 is 0 Å². The van der Waals surface area contributed by atoms with Crippen LogP contribution in [0.4, 0.5) is 22.7 Å². The van der Waals surface area contributed by atoms with Gasteiger partial charge in [0.2, 0.25) is 5.91 Å². The van der Waals surface area contributed by atoms with Gasteiger partial charge in [0.1, 0.15) is 55.3 Å². The molecule has 0 bridgehead atoms. The molecule has 0 saturated heterocycles. The second-order valence-electron chi connectivity index (χ2n) is 17.0. The second-order valence-corrected chi connectivity index (χ2v) is 17.0. The van der Waals surface area contributed by atoms with E-state index in [2.05, 4.69) is 56.7 Å². The average Bonchev–Trinajstić information content (AvgIpc) is 4.21. The van der Waals surface area contributed by atoms with Crippen LogP contribution < -0.4 is 61.5 Å². The number of aryl methyl sites for hydroxylation is 2. The maximum absolute atomic E-state index is 12.7. The van der Waals surface area contributed by atoms with Crippen LogP contribution in [0.1, 0.15) is 56.1 Å². The summed E-state index contributed by atoms with van der Waals surface area (Å²) in [6.07, 6.45) is 4.16. The fourth-order valence-corrected chi connectivity index (χ4v) is 6.98. The summed E-state index contributed by atoms with van der Waals surface area (Å²) < 4.78 is 9.13. The quantitative estimate of drug-likeness (QED) is 0.0151. The lowest BCUT2D eigenvalue weighted by Crippen LogP contribution is -2.27. The van der Waals surface area contributed by atoms with Gasteiger partial charge in [-0.05, 0) is 79.2 Å². The first-order valence-corrected chi connectivity index (χ1v) is 24.0. The lowest BCUT2D eigenvalue weighted by atomic mass is 10.1. The van der Waals surface area contributed by atoms with Crippen molar-refractivity contribution in [2.45, 2.75) is 12.8 Å². The van der Waals surface area contributed by atoms with Gasteiger partial charge in [0.15, 0.2) is 17.6 Å². The van der Waals surface area contributed by atoms with Crippen LogP contribution in [0.5, 0.6) is 0 Å². The fraction of sp³-hybridized carbons (Fsp3) is 0.151. The Balaban J connectivity index is 0.000000225. The summed E-state index contributed by atoms with van der Waals surface area (Å²) in [5.41, 5.74) is 48.4. The summed E-state index contributed by atoms with van der Waals surface area (Å²) in [6.45, 7) is 0.148. The molecular weight excluding hydrogens is 1030 g/mol. The number of oxime groups is 2. The number of carbonyl (C=O) groups excluding carboxylic acids is 3. The van der Waals surface area contributed by atoms with E-state index in [4.69, 9.17) is 60.8 Å². The molecule has 27 heteroatoms. The molecular formula is C53H63N21O6. The summed E-state index contributed by atoms with van der Waals surface area (Å²) >= 11 is 0. The second kappa shape index (κ2) is 29.2. The van der Waals surface area contributed by atoms with Gasteiger partial charge >= 0.3 is 0 Å². The number of nitrogens with zero attached hydrogens (tertiary/aromatic N) is 7. The van der Waals surface area contributed by atoms with Gasteiger partial charge in [0.05, 0.1) is 28.6 Å². The minimum Gasteiger partial charge on any atom is -0.456 e. The zero-order valence-electron chi connectivity index (χ0n) is 44.2. The number of furan rings is 1. The number of hydrogen-bond donors (Lipinski definition) is 14. The molecule has 21 N–H and O–H groups in total. The van der Waals surface area contributed by atoms with Crippen LogP contribution in [0.15, 0.2) is 164 Å². The predicted octanol–water partition coefficient (Wildman–Crippen LogP) is 4.79. The maximum Gasteiger partial charge on any atom is 0.272 e. The third kappa shape index (κ3) is 18.2. The van der Waals surface area contributed by atoms with Crippen LogP contribution in [0, 0.1) is 16.2 Å². The van der Waals surface area contributed by atoms with Crippen molar-refractivity contribution in [3.63, 3.8) is 0 Å². The highest BCUT2D eigenvalue weighted by Crippen LogP contribution is 2.29. The molecule has 3 amide bonds. The zero-order chi connectivity index (χ0) is 58.3. The smallest absolute Gasteiger partial charge is 0.272 e. The van der Waals surface area contributed by atoms with E-state index in [0.717, 1.165) is 39.5 Å². The monoisotopic (exact) mass is 1090 g/mol. The van der Waals surface area contributed by atoms with Crippen LogP contribution in [0.3, 0.4) is 0 Å². The molecule has 0 saturated carbocycles. The SMILES string of the molecule is CO/N=C(\N)c1ccc(-c2ccc(-c3ccc(/C(N)=N/OC)cc3)o2)cc1.Cn1cc(NC(=O)c2cc(NC(=O)CN=C(N)N)cn2C)cc1C(=O)NCCCC(=N)N.N=C(N)c1ccc(N=NNc2ccc(C(=N)N)cc2)cc1. The number of benzene rings is 4. The lowest BCUT2D eigenvalue weighted by Gasteiger charge is -2.05. The fourth-order valence-electron chi connectivity index (χ4n) is 6.98. The van der Waals surface area contributed by atoms with E-state index in [0.29, 0.717) is 70.6 Å². The van der Waals surface area contributed by atoms with Crippen molar-refractivity contribution in [3.05, 3.63) is 167 Å². The number of aromatic nitrogens is 2. The Kier molecular flexibility index (Phi) is 21.7. The summed E-state index contributed by atoms with van der Waals surface area (Å²) in [4.78, 5) is 49.8. The standard InChI is InChI=1S/C20H20N4O3.C19H28N10O3.C14H15N7/c1-25-23-19(21)15-7-3-13(4-8-15)17-11-12-18(27-17)14-5-9-16(10-6-14)20(22)24-26-2;1-28-10-12(7-13(28)17(31)24-5-3-4-15(20)21)27-18(32)14-6-11(9-29(14)2)26-16(30)8-25-19(22)23;15-13(16)9-1-5-11(6-2-9)19-21-20-12-7-3-10(4-8-12)14(17)18/h3-12H,1-2H3,(H2,21,23)(H2,22,24);6-7,9-10H,3-5,8H2,1-2H3,(H3,20,21)(H,24,31)(H,26,30)(H,27,32)(H4,22,23,25);1-8H,(H3,15,16)(H3,17,18)(H,19,20). The normalized spacial score (nSPS) is 10.9. The molecule has 80 heavy (non-hydrogen) atoms. The Hall–Kier alpha value is -11.3. The maximum atomic E-state index is 12.7. The summed E-state index contributed by atoms with van der Waals surface area (Å²) in [5.74, 6) is 0.902. The predicted molar refractivity (Wildman–Crippen MR) is 310 cm³/mol. The van der Waals surface area contributed by atoms with E-state index in [1.54, 1.807) is 90.2 Å². The summed E-state index contributed by atoms with van der Waals surface area (Å²) in [5, 5.41) is 45.1. The van der Waals surface area contributed by atoms with Crippen molar-refractivity contribution in [1.29, 1.82) is 16.2 Å². The van der Waals surface area contributed by atoms with Gasteiger partial charge in [-0.25, -0.2) is 4.99 Å². The molecule has 27 nitrogen and oxygen atoms in total. The molecule has 3 heterocycles. The van der Waals surface area contributed by atoms with Crippen LogP contribution in [-0.2, 0) is 28.6 Å². The Morgan fingerprint density at radius 3 is 1.51 bits per heavy atom. The van der Waals surface area contributed by atoms with Gasteiger partial charge in [-0.3, -0.25) is 36.0 Å². The Labute approximate surface area is 459 Å². The van der Waals surface area contributed by atoms with Crippen molar-refractivity contribution < 1.29 is 28.5 Å². The number of carbonyl (C=O) groups is 3. The molecule has 3 aromatic heterocycles. The van der Waals surface area contributed by atoms with Crippen molar-refractivity contribution in [2.24, 2.45) is 79.9 Å². The van der Waals surface area contributed by atoms with Crippen LogP contribution in [0.25, 0.3) is 22.6 Å². The summed E-state index contributed by atoms with van der Waals surface area (Å²) in [6, 6.07) is 35.9. The van der Waals surface area contributed by atoms with E-state index in [1.807, 2.05) is 60.7 Å². The Morgan fingerprint density at radius 1 is 0.588 bits per heavy atom. The zero-order valence-corrected chi connectivity index (χ0v) is 44.2. The van der Waals surface area contributed by atoms with E-state index in [1.165, 1.54) is 20.3 Å². The third-order valence-corrected chi connectivity index (χ3v) is 11.0. The number of rotatable bonds is 21. The van der Waals surface area contributed by atoms with Gasteiger partial charge in [-0.1, -0.05) is 64.1 Å². The summed E-state index contributed by atoms with van der Waals surface area (Å²) in [7, 11) is 6.26. The number of nitrogens with one attached hydrogen (secondary N) is 7. The third-order valence-electron chi connectivity index (χ3n) is 11.0. The van der Waals surface area contributed by atoms with Gasteiger partial charge in [0, 0.05) is 72.8 Å². The number of hydrogen-bond acceptors (Lipinski definition) is 14. The highest BCUT2D eigenvalue weighted by Gasteiger charge is 2.17. The van der Waals surface area contributed by atoms with Crippen LogP contribution in [-0.4, -0.2) is 89.3 Å². The molecule has 0 aliphatic rings. The molecule has 0 atom stereocenters. The first kappa shape index (κ1) is 59.6. The molecule has 0 spiro atoms. The molecule has 4 aromatic carbocycles. The number of nitrogens with two attached hydrogens (primary N) is 7. The average molecular weight is 1090 g/mol. The highest BCUT2D eigenvalue weighted by atomic mass is 16.6. The number of aliphatic imine (C=N–C) groups is 1. The van der Waals surface area contributed by atoms with Crippen LogP contribution >= 0.6 is 0 Å². The van der Waals surface area contributed by atoms with Crippen molar-refractivity contribution in [2.75, 3.05) is 43.4 Å². The van der Waals surface area contributed by atoms with Gasteiger partial charge in [-0.15, -0.1) is 5.11 Å². The minimum absolute atomic E-state index is 0.0159. The number of anilines is 3. The van der Waals surface area contributed by atoms with E-state index in [-0.39, 0.29) is 35.9 Å². The number of nitrogen functional groups attached to an aromatic ring is 2. The van der Waals surface area contributed by atoms with Crippen LogP contribution in [0.2, 0.25) is 0 Å². The van der Waals surface area contributed by atoms with Gasteiger partial charge in [0.25, 0.3) is 11.8 Å². The molecule has 416 valence electrons. The topological polar surface area (TPSA) is 456 Å². The van der Waals surface area contributed by atoms with Gasteiger partial charge in [-0.2, -0.15) is 0 Å². The largest absolute Gasteiger partial charge is 0.456 e. The minimum atomic E-state index is -0.432. The molecule has 7 aromatic rings. The molecule has 0 aliphatic heterocycles. The molecule has 0 aliphatic carbocycles. The molecule has 0 radical (unpaired) electrons. The van der Waals surface area contributed by atoms with Crippen molar-refractivity contribution in [1.82, 2.24) is 14.5 Å². The van der Waals surface area contributed by atoms with Gasteiger partial charge < -0.3 is 79.3 Å². The first-order chi connectivity index (χ1) is 38.2. The Bertz CT molecular complexity index is 3310. The lowest BCUT2D eigenvalue weighted by molar-refractivity contribution is -0.114. The highest BCUT2D eigenvalue weighted by molar-refractivity contribution is 6.06. The van der Waals surface area contributed by atoms with Crippen molar-refractivity contribution in [3.8, 4) is 22.6 Å². The van der Waals surface area contributed by atoms with E-state index < -0.39 is 11.8 Å². The Morgan fingerprint density at radius 2 is 1.05 bits per heavy atom. The number of guanidine groups is 1. The first-order valence-electron chi connectivity index (χ1n) is 24.0. The molecule has 7 rings (SSSR count). The number of amidine groups is 5. The number of amides is 3. The molecule has 0 unspecified atom stereocenters. The van der Waals surface area contributed by atoms with Crippen molar-refractivity contribution >= 4 is 75.6 Å². The van der Waals surface area contributed by atoms with E-state index in [9.17, 15) is 14.4 Å².